The number of amides is 1. The third kappa shape index (κ3) is 3.34. The van der Waals surface area contributed by atoms with Gasteiger partial charge in [0.05, 0.1) is 15.3 Å². The highest BCUT2D eigenvalue weighted by Gasteiger charge is 2.42. The van der Waals surface area contributed by atoms with Crippen molar-refractivity contribution in [2.75, 3.05) is 13.2 Å². The number of hydrogen-bond acceptors (Lipinski definition) is 4. The van der Waals surface area contributed by atoms with Crippen molar-refractivity contribution in [1.29, 1.82) is 0 Å². The van der Waals surface area contributed by atoms with Crippen LogP contribution in [0, 0.1) is 5.41 Å². The lowest BCUT2D eigenvalue weighted by atomic mass is 9.79. The van der Waals surface area contributed by atoms with Crippen LogP contribution in [0.4, 0.5) is 0 Å². The highest BCUT2D eigenvalue weighted by Crippen LogP contribution is 2.31. The van der Waals surface area contributed by atoms with Gasteiger partial charge in [-0.05, 0) is 40.9 Å². The van der Waals surface area contributed by atoms with Crippen LogP contribution in [0.1, 0.15) is 17.7 Å². The summed E-state index contributed by atoms with van der Waals surface area (Å²) in [7, 11) is 0. The molecule has 3 N–H and O–H groups in total. The second kappa shape index (κ2) is 6.30. The lowest BCUT2D eigenvalue weighted by molar-refractivity contribution is -0.131. The van der Waals surface area contributed by atoms with E-state index in [0.29, 0.717) is 32.6 Å². The molecule has 0 atom stereocenters. The third-order valence-corrected chi connectivity index (χ3v) is 5.32. The molecule has 1 saturated heterocycles. The minimum Gasteiger partial charge on any atom is -0.392 e. The van der Waals surface area contributed by atoms with Gasteiger partial charge in [-0.3, -0.25) is 4.79 Å². The Morgan fingerprint density at radius 2 is 2.21 bits per heavy atom. The first kappa shape index (κ1) is 14.9. The third-order valence-electron chi connectivity index (χ3n) is 3.30. The molecule has 2 rings (SSSR count). The van der Waals surface area contributed by atoms with Crippen LogP contribution in [-0.4, -0.2) is 24.1 Å². The molecule has 0 aromatic carbocycles. The average Bonchev–Trinajstić information content (AvgIpc) is 2.82. The van der Waals surface area contributed by atoms with E-state index in [9.17, 15) is 4.79 Å². The zero-order valence-electron chi connectivity index (χ0n) is 10.3. The van der Waals surface area contributed by atoms with E-state index in [1.807, 2.05) is 12.1 Å². The molecule has 1 aliphatic heterocycles. The van der Waals surface area contributed by atoms with Crippen LogP contribution in [0.15, 0.2) is 15.9 Å². The minimum absolute atomic E-state index is 0.0900. The number of rotatable bonds is 4. The lowest BCUT2D eigenvalue weighted by Crippen LogP contribution is -2.51. The van der Waals surface area contributed by atoms with Gasteiger partial charge in [0, 0.05) is 18.1 Å². The van der Waals surface area contributed by atoms with Crippen LogP contribution < -0.4 is 11.1 Å². The van der Waals surface area contributed by atoms with E-state index in [4.69, 9.17) is 22.7 Å². The molecule has 1 aromatic heterocycles. The quantitative estimate of drug-likeness (QED) is 0.806. The topological polar surface area (TPSA) is 64.4 Å². The molecule has 4 nitrogen and oxygen atoms in total. The number of halogens is 1. The zero-order chi connectivity index (χ0) is 13.9. The number of thiocarbonyl (C=S) groups is 1. The van der Waals surface area contributed by atoms with E-state index in [0.717, 1.165) is 8.66 Å². The van der Waals surface area contributed by atoms with Gasteiger partial charge in [-0.15, -0.1) is 11.3 Å². The first-order valence-corrected chi connectivity index (χ1v) is 7.96. The van der Waals surface area contributed by atoms with Crippen LogP contribution >= 0.6 is 39.5 Å². The van der Waals surface area contributed by atoms with Crippen molar-refractivity contribution in [3.63, 3.8) is 0 Å². The number of hydrogen-bond donors (Lipinski definition) is 2. The fourth-order valence-corrected chi connectivity index (χ4v) is 3.81. The summed E-state index contributed by atoms with van der Waals surface area (Å²) in [6, 6.07) is 3.94. The molecule has 0 saturated carbocycles. The van der Waals surface area contributed by atoms with Gasteiger partial charge in [-0.25, -0.2) is 0 Å². The molecule has 0 aliphatic carbocycles. The molecule has 104 valence electrons. The minimum atomic E-state index is -0.748. The number of carbonyl (C=O) groups excluding carboxylic acids is 1. The summed E-state index contributed by atoms with van der Waals surface area (Å²) in [5.74, 6) is -0.0900. The van der Waals surface area contributed by atoms with E-state index in [1.165, 1.54) is 0 Å². The molecule has 1 aliphatic rings. The number of ether oxygens (including phenoxy) is 1. The molecule has 7 heteroatoms. The van der Waals surface area contributed by atoms with Gasteiger partial charge in [0.2, 0.25) is 5.91 Å². The summed E-state index contributed by atoms with van der Waals surface area (Å²) in [4.78, 5) is 13.8. The fraction of sp³-hybridized carbons (Fsp3) is 0.500. The lowest BCUT2D eigenvalue weighted by Gasteiger charge is -2.34. The van der Waals surface area contributed by atoms with Gasteiger partial charge in [0.15, 0.2) is 0 Å². The van der Waals surface area contributed by atoms with Gasteiger partial charge in [-0.2, -0.15) is 0 Å². The number of nitrogens with two attached hydrogens (primary N) is 1. The first-order valence-electron chi connectivity index (χ1n) is 5.95. The van der Waals surface area contributed by atoms with Crippen LogP contribution in [0.2, 0.25) is 0 Å². The zero-order valence-corrected chi connectivity index (χ0v) is 13.5. The standard InChI is InChI=1S/C12H15BrN2O2S2/c13-9-2-1-8(19-9)7-15-11(16)12(10(14)18)3-5-17-6-4-12/h1-2H,3-7H2,(H2,14,18)(H,15,16). The van der Waals surface area contributed by atoms with Crippen LogP contribution in [0.3, 0.4) is 0 Å². The summed E-state index contributed by atoms with van der Waals surface area (Å²) in [5.41, 5.74) is 5.04. The molecule has 1 aromatic rings. The number of carbonyl (C=O) groups is 1. The van der Waals surface area contributed by atoms with E-state index in [1.54, 1.807) is 11.3 Å². The Bertz CT molecular complexity index is 484. The largest absolute Gasteiger partial charge is 0.392 e. The Kier molecular flexibility index (Phi) is 4.94. The Labute approximate surface area is 129 Å². The number of nitrogens with one attached hydrogen (secondary N) is 1. The highest BCUT2D eigenvalue weighted by atomic mass is 79.9. The molecule has 2 heterocycles. The van der Waals surface area contributed by atoms with Crippen molar-refractivity contribution in [3.8, 4) is 0 Å². The molecule has 0 spiro atoms. The van der Waals surface area contributed by atoms with Gasteiger partial charge in [0.1, 0.15) is 5.41 Å². The molecule has 0 unspecified atom stereocenters. The van der Waals surface area contributed by atoms with Crippen LogP contribution in [-0.2, 0) is 16.1 Å². The Morgan fingerprint density at radius 1 is 1.53 bits per heavy atom. The Balaban J connectivity index is 2.02. The molecule has 0 bridgehead atoms. The van der Waals surface area contributed by atoms with Crippen LogP contribution in [0.5, 0.6) is 0 Å². The smallest absolute Gasteiger partial charge is 0.233 e. The van der Waals surface area contributed by atoms with Gasteiger partial charge in [-0.1, -0.05) is 12.2 Å². The van der Waals surface area contributed by atoms with Crippen molar-refractivity contribution in [2.45, 2.75) is 19.4 Å². The van der Waals surface area contributed by atoms with Gasteiger partial charge < -0.3 is 15.8 Å². The normalized spacial score (nSPS) is 17.9. The monoisotopic (exact) mass is 362 g/mol. The van der Waals surface area contributed by atoms with Crippen molar-refractivity contribution in [3.05, 3.63) is 20.8 Å². The van der Waals surface area contributed by atoms with Gasteiger partial charge in [0.25, 0.3) is 0 Å². The fourth-order valence-electron chi connectivity index (χ4n) is 2.09. The summed E-state index contributed by atoms with van der Waals surface area (Å²) < 4.78 is 6.34. The van der Waals surface area contributed by atoms with Gasteiger partial charge >= 0.3 is 0 Å². The second-order valence-electron chi connectivity index (χ2n) is 4.45. The maximum absolute atomic E-state index is 12.4. The molecular weight excluding hydrogens is 348 g/mol. The molecule has 0 radical (unpaired) electrons. The van der Waals surface area contributed by atoms with Crippen molar-refractivity contribution in [1.82, 2.24) is 5.32 Å². The highest BCUT2D eigenvalue weighted by molar-refractivity contribution is 9.11. The van der Waals surface area contributed by atoms with E-state index in [-0.39, 0.29) is 10.9 Å². The Morgan fingerprint density at radius 3 is 2.74 bits per heavy atom. The maximum atomic E-state index is 12.4. The molecule has 1 amide bonds. The molecule has 1 fully saturated rings. The van der Waals surface area contributed by atoms with Crippen molar-refractivity contribution < 1.29 is 9.53 Å². The van der Waals surface area contributed by atoms with E-state index < -0.39 is 5.41 Å². The maximum Gasteiger partial charge on any atom is 0.233 e. The first-order chi connectivity index (χ1) is 9.04. The summed E-state index contributed by atoms with van der Waals surface area (Å²) in [5, 5.41) is 2.93. The average molecular weight is 363 g/mol. The molecular formula is C12H15BrN2O2S2. The SMILES string of the molecule is NC(=S)C1(C(=O)NCc2ccc(Br)s2)CCOCC1. The molecule has 19 heavy (non-hydrogen) atoms. The predicted octanol–water partition coefficient (Wildman–Crippen LogP) is 2.21. The van der Waals surface area contributed by atoms with Crippen molar-refractivity contribution in [2.24, 2.45) is 11.1 Å². The van der Waals surface area contributed by atoms with Crippen molar-refractivity contribution >= 4 is 50.4 Å². The second-order valence-corrected chi connectivity index (χ2v) is 7.43. The van der Waals surface area contributed by atoms with E-state index >= 15 is 0 Å². The number of thiophene rings is 1. The summed E-state index contributed by atoms with van der Waals surface area (Å²) in [6.07, 6.45) is 1.12. The Hall–Kier alpha value is -0.500. The van der Waals surface area contributed by atoms with Crippen LogP contribution in [0.25, 0.3) is 0 Å². The summed E-state index contributed by atoms with van der Waals surface area (Å²) >= 11 is 10.1. The van der Waals surface area contributed by atoms with E-state index in [2.05, 4.69) is 21.2 Å². The summed E-state index contributed by atoms with van der Waals surface area (Å²) in [6.45, 7) is 1.55. The predicted molar refractivity (Wildman–Crippen MR) is 83.1 cm³/mol.